The summed E-state index contributed by atoms with van der Waals surface area (Å²) < 4.78 is 10.6. The fraction of sp³-hybridized carbons (Fsp3) is 0.700. The van der Waals surface area contributed by atoms with E-state index in [1.165, 1.54) is 0 Å². The molecule has 0 aromatic carbocycles. The number of hydrogen-bond acceptors (Lipinski definition) is 5. The Balaban J connectivity index is 2.17. The van der Waals surface area contributed by atoms with Gasteiger partial charge in [-0.25, -0.2) is 0 Å². The van der Waals surface area contributed by atoms with Crippen molar-refractivity contribution in [3.63, 3.8) is 0 Å². The van der Waals surface area contributed by atoms with E-state index in [0.717, 1.165) is 25.9 Å². The van der Waals surface area contributed by atoms with Crippen molar-refractivity contribution in [3.05, 3.63) is 11.7 Å². The summed E-state index contributed by atoms with van der Waals surface area (Å²) in [5.41, 5.74) is -0.435. The molecule has 2 rings (SSSR count). The van der Waals surface area contributed by atoms with Gasteiger partial charge in [0.1, 0.15) is 12.0 Å². The summed E-state index contributed by atoms with van der Waals surface area (Å²) in [7, 11) is 0. The normalized spacial score (nSPS) is 26.1. The predicted molar refractivity (Wildman–Crippen MR) is 50.8 cm³/mol. The van der Waals surface area contributed by atoms with Gasteiger partial charge in [-0.3, -0.25) is 0 Å². The molecular formula is C10H13N3O2. The summed E-state index contributed by atoms with van der Waals surface area (Å²) >= 11 is 0. The molecule has 0 spiro atoms. The summed E-state index contributed by atoms with van der Waals surface area (Å²) in [5.74, 6) is 0.926. The van der Waals surface area contributed by atoms with Gasteiger partial charge in [0.05, 0.1) is 6.07 Å². The van der Waals surface area contributed by atoms with Crippen LogP contribution < -0.4 is 0 Å². The lowest BCUT2D eigenvalue weighted by Gasteiger charge is -2.30. The molecular weight excluding hydrogens is 194 g/mol. The first-order chi connectivity index (χ1) is 7.24. The highest BCUT2D eigenvalue weighted by Gasteiger charge is 2.34. The summed E-state index contributed by atoms with van der Waals surface area (Å²) in [6, 6.07) is 1.98. The molecule has 15 heavy (non-hydrogen) atoms. The number of hydrogen-bond donors (Lipinski definition) is 0. The monoisotopic (exact) mass is 207 g/mol. The van der Waals surface area contributed by atoms with Gasteiger partial charge in [0.15, 0.2) is 0 Å². The Hall–Kier alpha value is -1.41. The van der Waals surface area contributed by atoms with E-state index in [1.807, 2.05) is 13.0 Å². The third-order valence-electron chi connectivity index (χ3n) is 2.64. The zero-order chi connectivity index (χ0) is 10.7. The highest BCUT2D eigenvalue weighted by Crippen LogP contribution is 2.32. The van der Waals surface area contributed by atoms with Gasteiger partial charge in [0.2, 0.25) is 11.7 Å². The minimum absolute atomic E-state index is 0.156. The van der Waals surface area contributed by atoms with Crippen LogP contribution in [-0.4, -0.2) is 16.7 Å². The maximum atomic E-state index is 8.49. The molecule has 2 heterocycles. The Morgan fingerprint density at radius 1 is 1.53 bits per heavy atom. The van der Waals surface area contributed by atoms with E-state index in [4.69, 9.17) is 14.5 Å². The average molecular weight is 207 g/mol. The zero-order valence-electron chi connectivity index (χ0n) is 8.69. The third-order valence-corrected chi connectivity index (χ3v) is 2.64. The van der Waals surface area contributed by atoms with Crippen LogP contribution in [0.5, 0.6) is 0 Å². The van der Waals surface area contributed by atoms with Gasteiger partial charge in [0, 0.05) is 6.61 Å². The Bertz CT molecular complexity index is 374. The molecule has 0 saturated carbocycles. The molecule has 1 fully saturated rings. The molecule has 5 heteroatoms. The first kappa shape index (κ1) is 10.1. The lowest BCUT2D eigenvalue weighted by atomic mass is 9.95. The minimum atomic E-state index is -0.435. The van der Waals surface area contributed by atoms with Crippen LogP contribution in [0, 0.1) is 11.3 Å². The van der Waals surface area contributed by atoms with Crippen molar-refractivity contribution in [2.75, 3.05) is 6.61 Å². The third kappa shape index (κ3) is 2.00. The molecule has 0 amide bonds. The number of ether oxygens (including phenoxy) is 1. The molecule has 0 aliphatic carbocycles. The standard InChI is InChI=1S/C10H13N3O2/c1-10(5-2-3-7-14-10)9-12-8(4-6-11)15-13-9/h2-5,7H2,1H3. The van der Waals surface area contributed by atoms with Crippen LogP contribution in [0.4, 0.5) is 0 Å². The highest BCUT2D eigenvalue weighted by atomic mass is 16.5. The molecule has 80 valence electrons. The van der Waals surface area contributed by atoms with Crippen LogP contribution in [-0.2, 0) is 16.8 Å². The van der Waals surface area contributed by atoms with Crippen LogP contribution in [0.3, 0.4) is 0 Å². The second-order valence-electron chi connectivity index (χ2n) is 3.88. The summed E-state index contributed by atoms with van der Waals surface area (Å²) in [6.07, 6.45) is 3.25. The summed E-state index contributed by atoms with van der Waals surface area (Å²) in [4.78, 5) is 4.17. The van der Waals surface area contributed by atoms with Gasteiger partial charge in [-0.1, -0.05) is 5.16 Å². The van der Waals surface area contributed by atoms with Gasteiger partial charge in [0.25, 0.3) is 0 Å². The predicted octanol–water partition coefficient (Wildman–Crippen LogP) is 1.55. The molecule has 0 bridgehead atoms. The van der Waals surface area contributed by atoms with Gasteiger partial charge < -0.3 is 9.26 Å². The molecule has 1 saturated heterocycles. The van der Waals surface area contributed by atoms with Crippen LogP contribution in [0.15, 0.2) is 4.52 Å². The van der Waals surface area contributed by atoms with E-state index in [-0.39, 0.29) is 6.42 Å². The largest absolute Gasteiger partial charge is 0.367 e. The van der Waals surface area contributed by atoms with E-state index in [2.05, 4.69) is 10.1 Å². The topological polar surface area (TPSA) is 71.9 Å². The first-order valence-electron chi connectivity index (χ1n) is 5.08. The number of nitrogens with zero attached hydrogens (tertiary/aromatic N) is 3. The van der Waals surface area contributed by atoms with Crippen molar-refractivity contribution < 1.29 is 9.26 Å². The van der Waals surface area contributed by atoms with E-state index in [0.29, 0.717) is 11.7 Å². The van der Waals surface area contributed by atoms with E-state index in [9.17, 15) is 0 Å². The fourth-order valence-corrected chi connectivity index (χ4v) is 1.72. The number of aromatic nitrogens is 2. The lowest BCUT2D eigenvalue weighted by molar-refractivity contribution is -0.0770. The van der Waals surface area contributed by atoms with Crippen LogP contribution >= 0.6 is 0 Å². The van der Waals surface area contributed by atoms with Gasteiger partial charge in [-0.15, -0.1) is 0 Å². The summed E-state index contributed by atoms with van der Waals surface area (Å²) in [6.45, 7) is 2.70. The lowest BCUT2D eigenvalue weighted by Crippen LogP contribution is -2.31. The zero-order valence-corrected chi connectivity index (χ0v) is 8.69. The molecule has 5 nitrogen and oxygen atoms in total. The van der Waals surface area contributed by atoms with Crippen LogP contribution in [0.1, 0.15) is 37.9 Å². The molecule has 1 aromatic heterocycles. The van der Waals surface area contributed by atoms with Gasteiger partial charge >= 0.3 is 0 Å². The van der Waals surface area contributed by atoms with Crippen LogP contribution in [0.25, 0.3) is 0 Å². The van der Waals surface area contributed by atoms with Crippen molar-refractivity contribution in [2.45, 2.75) is 38.2 Å². The number of rotatable bonds is 2. The van der Waals surface area contributed by atoms with Gasteiger partial charge in [-0.05, 0) is 26.2 Å². The fourth-order valence-electron chi connectivity index (χ4n) is 1.72. The Kier molecular flexibility index (Phi) is 2.69. The van der Waals surface area contributed by atoms with E-state index < -0.39 is 5.60 Å². The minimum Gasteiger partial charge on any atom is -0.367 e. The van der Waals surface area contributed by atoms with Crippen molar-refractivity contribution in [1.82, 2.24) is 10.1 Å². The van der Waals surface area contributed by atoms with E-state index in [1.54, 1.807) is 0 Å². The van der Waals surface area contributed by atoms with Crippen molar-refractivity contribution in [3.8, 4) is 6.07 Å². The molecule has 1 aliphatic rings. The Morgan fingerprint density at radius 3 is 3.07 bits per heavy atom. The Morgan fingerprint density at radius 2 is 2.40 bits per heavy atom. The molecule has 1 aliphatic heterocycles. The maximum absolute atomic E-state index is 8.49. The molecule has 0 N–H and O–H groups in total. The quantitative estimate of drug-likeness (QED) is 0.735. The second kappa shape index (κ2) is 3.99. The summed E-state index contributed by atoms with van der Waals surface area (Å²) in [5, 5.41) is 12.4. The molecule has 0 radical (unpaired) electrons. The Labute approximate surface area is 88.0 Å². The van der Waals surface area contributed by atoms with Gasteiger partial charge in [-0.2, -0.15) is 10.2 Å². The van der Waals surface area contributed by atoms with Crippen LogP contribution in [0.2, 0.25) is 0 Å². The maximum Gasteiger partial charge on any atom is 0.240 e. The number of nitriles is 1. The smallest absolute Gasteiger partial charge is 0.240 e. The van der Waals surface area contributed by atoms with Crippen molar-refractivity contribution in [1.29, 1.82) is 5.26 Å². The average Bonchev–Trinajstić information content (AvgIpc) is 2.69. The molecule has 1 atom stereocenters. The van der Waals surface area contributed by atoms with E-state index >= 15 is 0 Å². The van der Waals surface area contributed by atoms with Crippen molar-refractivity contribution >= 4 is 0 Å². The van der Waals surface area contributed by atoms with Crippen molar-refractivity contribution in [2.24, 2.45) is 0 Å². The second-order valence-corrected chi connectivity index (χ2v) is 3.88. The highest BCUT2D eigenvalue weighted by molar-refractivity contribution is 5.02. The first-order valence-corrected chi connectivity index (χ1v) is 5.08. The SMILES string of the molecule is CC1(c2noc(CC#N)n2)CCCCO1. The molecule has 1 unspecified atom stereocenters. The molecule has 1 aromatic rings.